The van der Waals surface area contributed by atoms with Gasteiger partial charge in [-0.2, -0.15) is 0 Å². The van der Waals surface area contributed by atoms with Gasteiger partial charge in [-0.3, -0.25) is 9.59 Å². The van der Waals surface area contributed by atoms with Gasteiger partial charge >= 0.3 is 5.97 Å². The van der Waals surface area contributed by atoms with Gasteiger partial charge in [-0.1, -0.05) is 32.0 Å². The van der Waals surface area contributed by atoms with E-state index in [-0.39, 0.29) is 11.5 Å². The first kappa shape index (κ1) is 22.1. The van der Waals surface area contributed by atoms with Crippen LogP contribution in [0.5, 0.6) is 0 Å². The van der Waals surface area contributed by atoms with Gasteiger partial charge in [0, 0.05) is 11.3 Å². The van der Waals surface area contributed by atoms with Crippen LogP contribution in [-0.4, -0.2) is 30.4 Å². The number of rotatable bonds is 7. The molecule has 2 rings (SSSR count). The number of para-hydroxylation sites is 1. The van der Waals surface area contributed by atoms with Crippen molar-refractivity contribution in [3.8, 4) is 0 Å². The minimum Gasteiger partial charge on any atom is -0.454 e. The fourth-order valence-electron chi connectivity index (χ4n) is 2.74. The third kappa shape index (κ3) is 6.14. The molecule has 7 heteroatoms. The predicted molar refractivity (Wildman–Crippen MR) is 108 cm³/mol. The first-order chi connectivity index (χ1) is 13.7. The van der Waals surface area contributed by atoms with Crippen molar-refractivity contribution in [3.63, 3.8) is 0 Å². The molecule has 2 aromatic rings. The van der Waals surface area contributed by atoms with Crippen LogP contribution in [0, 0.1) is 25.6 Å². The number of anilines is 1. The number of ether oxygens (including phenoxy) is 1. The van der Waals surface area contributed by atoms with Gasteiger partial charge < -0.3 is 15.4 Å². The van der Waals surface area contributed by atoms with Gasteiger partial charge in [0.1, 0.15) is 11.9 Å². The summed E-state index contributed by atoms with van der Waals surface area (Å²) in [5.74, 6) is -2.44. The molecule has 0 unspecified atom stereocenters. The van der Waals surface area contributed by atoms with Gasteiger partial charge in [-0.05, 0) is 55.2 Å². The zero-order valence-corrected chi connectivity index (χ0v) is 16.9. The van der Waals surface area contributed by atoms with Crippen molar-refractivity contribution >= 4 is 23.5 Å². The van der Waals surface area contributed by atoms with Crippen molar-refractivity contribution < 1.29 is 23.5 Å². The number of aryl methyl sites for hydroxylation is 2. The third-order valence-electron chi connectivity index (χ3n) is 4.40. The average molecular weight is 400 g/mol. The summed E-state index contributed by atoms with van der Waals surface area (Å²) < 4.78 is 18.1. The van der Waals surface area contributed by atoms with Crippen LogP contribution in [0.1, 0.15) is 35.3 Å². The smallest absolute Gasteiger partial charge is 0.329 e. The summed E-state index contributed by atoms with van der Waals surface area (Å²) in [6, 6.07) is 9.66. The maximum atomic E-state index is 13.0. The Labute approximate surface area is 169 Å². The zero-order chi connectivity index (χ0) is 21.6. The summed E-state index contributed by atoms with van der Waals surface area (Å²) in [5.41, 5.74) is 2.70. The van der Waals surface area contributed by atoms with Crippen LogP contribution in [-0.2, 0) is 14.3 Å². The molecule has 0 aliphatic heterocycles. The van der Waals surface area contributed by atoms with Crippen molar-refractivity contribution in [3.05, 3.63) is 65.0 Å². The Morgan fingerprint density at radius 3 is 2.14 bits per heavy atom. The van der Waals surface area contributed by atoms with E-state index in [2.05, 4.69) is 10.6 Å². The molecule has 29 heavy (non-hydrogen) atoms. The highest BCUT2D eigenvalue weighted by Crippen LogP contribution is 2.19. The fraction of sp³-hybridized carbons (Fsp3) is 0.318. The number of hydrogen-bond acceptors (Lipinski definition) is 4. The molecular weight excluding hydrogens is 375 g/mol. The van der Waals surface area contributed by atoms with Crippen LogP contribution >= 0.6 is 0 Å². The molecule has 0 heterocycles. The number of carbonyl (C=O) groups is 3. The first-order valence-electron chi connectivity index (χ1n) is 9.28. The third-order valence-corrected chi connectivity index (χ3v) is 4.40. The van der Waals surface area contributed by atoms with Crippen LogP contribution < -0.4 is 10.6 Å². The molecule has 0 saturated carbocycles. The Balaban J connectivity index is 1.96. The van der Waals surface area contributed by atoms with Crippen molar-refractivity contribution in [2.75, 3.05) is 11.9 Å². The Hall–Kier alpha value is -3.22. The number of nitrogens with one attached hydrogen (secondary N) is 2. The summed E-state index contributed by atoms with van der Waals surface area (Å²) in [6.07, 6.45) is 0. The molecule has 2 aromatic carbocycles. The molecule has 0 bridgehead atoms. The fourth-order valence-corrected chi connectivity index (χ4v) is 2.74. The Morgan fingerprint density at radius 2 is 1.59 bits per heavy atom. The number of halogens is 1. The highest BCUT2D eigenvalue weighted by atomic mass is 19.1. The van der Waals surface area contributed by atoms with Crippen LogP contribution in [0.3, 0.4) is 0 Å². The lowest BCUT2D eigenvalue weighted by molar-refractivity contribution is -0.150. The molecule has 2 N–H and O–H groups in total. The second-order valence-electron chi connectivity index (χ2n) is 7.12. The molecule has 0 aliphatic carbocycles. The van der Waals surface area contributed by atoms with E-state index in [9.17, 15) is 18.8 Å². The van der Waals surface area contributed by atoms with Gasteiger partial charge in [-0.15, -0.1) is 0 Å². The SMILES string of the molecule is Cc1cccc(C)c1NC(=O)COC(=O)[C@@H](NC(=O)c1ccc(F)cc1)C(C)C. The number of benzene rings is 2. The molecule has 0 fully saturated rings. The first-order valence-corrected chi connectivity index (χ1v) is 9.28. The van der Waals surface area contributed by atoms with Crippen molar-refractivity contribution in [1.29, 1.82) is 0 Å². The predicted octanol–water partition coefficient (Wildman–Crippen LogP) is 3.38. The van der Waals surface area contributed by atoms with Gasteiger partial charge in [0.2, 0.25) is 0 Å². The van der Waals surface area contributed by atoms with Crippen LogP contribution in [0.4, 0.5) is 10.1 Å². The normalized spacial score (nSPS) is 11.7. The lowest BCUT2D eigenvalue weighted by Gasteiger charge is -2.21. The number of carbonyl (C=O) groups excluding carboxylic acids is 3. The average Bonchev–Trinajstić information content (AvgIpc) is 2.67. The Morgan fingerprint density at radius 1 is 1.00 bits per heavy atom. The number of esters is 1. The van der Waals surface area contributed by atoms with E-state index in [4.69, 9.17) is 4.74 Å². The van der Waals surface area contributed by atoms with E-state index < -0.39 is 36.2 Å². The lowest BCUT2D eigenvalue weighted by Crippen LogP contribution is -2.46. The summed E-state index contributed by atoms with van der Waals surface area (Å²) in [6.45, 7) is 6.76. The summed E-state index contributed by atoms with van der Waals surface area (Å²) >= 11 is 0. The van der Waals surface area contributed by atoms with Crippen LogP contribution in [0.15, 0.2) is 42.5 Å². The van der Waals surface area contributed by atoms with Gasteiger partial charge in [0.25, 0.3) is 11.8 Å². The lowest BCUT2D eigenvalue weighted by atomic mass is 10.0. The monoisotopic (exact) mass is 400 g/mol. The standard InChI is InChI=1S/C22H25FN2O4/c1-13(2)19(25-21(27)16-8-10-17(23)11-9-16)22(28)29-12-18(26)24-20-14(3)6-5-7-15(20)4/h5-11,13,19H,12H2,1-4H3,(H,24,26)(H,25,27)/t19-/m0/s1. The molecule has 2 amide bonds. The zero-order valence-electron chi connectivity index (χ0n) is 16.9. The highest BCUT2D eigenvalue weighted by Gasteiger charge is 2.27. The Kier molecular flexibility index (Phi) is 7.47. The van der Waals surface area contributed by atoms with E-state index in [1.165, 1.54) is 12.1 Å². The van der Waals surface area contributed by atoms with E-state index in [0.29, 0.717) is 5.69 Å². The second kappa shape index (κ2) is 9.82. The van der Waals surface area contributed by atoms with Gasteiger partial charge in [0.05, 0.1) is 0 Å². The van der Waals surface area contributed by atoms with Crippen LogP contribution in [0.2, 0.25) is 0 Å². The van der Waals surface area contributed by atoms with Crippen LogP contribution in [0.25, 0.3) is 0 Å². The molecule has 0 spiro atoms. The van der Waals surface area contributed by atoms with Crippen molar-refractivity contribution in [2.45, 2.75) is 33.7 Å². The van der Waals surface area contributed by atoms with Crippen molar-refractivity contribution in [2.24, 2.45) is 5.92 Å². The molecule has 154 valence electrons. The molecule has 6 nitrogen and oxygen atoms in total. The van der Waals surface area contributed by atoms with Gasteiger partial charge in [-0.25, -0.2) is 9.18 Å². The topological polar surface area (TPSA) is 84.5 Å². The molecule has 1 atom stereocenters. The maximum absolute atomic E-state index is 13.0. The second-order valence-corrected chi connectivity index (χ2v) is 7.12. The summed E-state index contributed by atoms with van der Waals surface area (Å²) in [4.78, 5) is 36.9. The molecule has 0 radical (unpaired) electrons. The van der Waals surface area contributed by atoms with E-state index >= 15 is 0 Å². The van der Waals surface area contributed by atoms with E-state index in [1.54, 1.807) is 13.8 Å². The minimum atomic E-state index is -0.944. The minimum absolute atomic E-state index is 0.220. The summed E-state index contributed by atoms with van der Waals surface area (Å²) in [7, 11) is 0. The van der Waals surface area contributed by atoms with Crippen molar-refractivity contribution in [1.82, 2.24) is 5.32 Å². The maximum Gasteiger partial charge on any atom is 0.329 e. The molecular formula is C22H25FN2O4. The number of amides is 2. The Bertz CT molecular complexity index is 874. The highest BCUT2D eigenvalue weighted by molar-refractivity contribution is 5.97. The largest absolute Gasteiger partial charge is 0.454 e. The van der Waals surface area contributed by atoms with E-state index in [1.807, 2.05) is 32.0 Å². The van der Waals surface area contributed by atoms with E-state index in [0.717, 1.165) is 23.3 Å². The van der Waals surface area contributed by atoms with Gasteiger partial charge in [0.15, 0.2) is 6.61 Å². The molecule has 0 saturated heterocycles. The summed E-state index contributed by atoms with van der Waals surface area (Å²) in [5, 5.41) is 5.31. The quantitative estimate of drug-likeness (QED) is 0.698. The molecule has 0 aromatic heterocycles. The molecule has 0 aliphatic rings. The number of hydrogen-bond donors (Lipinski definition) is 2.